The van der Waals surface area contributed by atoms with Gasteiger partial charge in [0.1, 0.15) is 6.17 Å². The number of rotatable bonds is 5. The Hall–Kier alpha value is -4.87. The van der Waals surface area contributed by atoms with Crippen LogP contribution in [0, 0.1) is 0 Å². The predicted molar refractivity (Wildman–Crippen MR) is 119 cm³/mol. The van der Waals surface area contributed by atoms with E-state index in [1.54, 1.807) is 26.0 Å². The average molecular weight is 480 g/mol. The molecule has 0 aromatic heterocycles. The van der Waals surface area contributed by atoms with Gasteiger partial charge in [0, 0.05) is 29.9 Å². The van der Waals surface area contributed by atoms with Crippen molar-refractivity contribution in [3.63, 3.8) is 0 Å². The van der Waals surface area contributed by atoms with Gasteiger partial charge in [0.2, 0.25) is 0 Å². The average Bonchev–Trinajstić information content (AvgIpc) is 3.36. The van der Waals surface area contributed by atoms with Gasteiger partial charge in [0.05, 0.1) is 7.11 Å². The minimum Gasteiger partial charge on any atom is -0.466 e. The molecule has 2 aliphatic rings. The quantitative estimate of drug-likeness (QED) is 0.272. The molecule has 0 bridgehead atoms. The molecule has 0 radical (unpaired) electrons. The molecule has 0 saturated carbocycles. The zero-order chi connectivity index (χ0) is 25.9. The molecule has 0 saturated heterocycles. The lowest BCUT2D eigenvalue weighted by Crippen LogP contribution is -2.52. The van der Waals surface area contributed by atoms with Gasteiger partial charge in [-0.1, -0.05) is 24.3 Å². The van der Waals surface area contributed by atoms with Gasteiger partial charge in [-0.3, -0.25) is 19.2 Å². The number of allylic oxidation sites excluding steroid dienone is 1. The van der Waals surface area contributed by atoms with Crippen molar-refractivity contribution >= 4 is 47.2 Å². The van der Waals surface area contributed by atoms with E-state index in [1.165, 1.54) is 19.2 Å². The van der Waals surface area contributed by atoms with Gasteiger partial charge in [0.25, 0.3) is 23.6 Å². The third-order valence-corrected chi connectivity index (χ3v) is 5.29. The van der Waals surface area contributed by atoms with Crippen molar-refractivity contribution in [2.45, 2.75) is 20.0 Å². The maximum atomic E-state index is 12.6. The summed E-state index contributed by atoms with van der Waals surface area (Å²) in [5, 5.41) is 4.67. The Morgan fingerprint density at radius 2 is 1.14 bits per heavy atom. The number of amides is 8. The molecule has 0 fully saturated rings. The highest BCUT2D eigenvalue weighted by molar-refractivity contribution is 6.23. The first-order valence-electron chi connectivity index (χ1n) is 10.1. The number of esters is 1. The van der Waals surface area contributed by atoms with Crippen molar-refractivity contribution in [3.8, 4) is 0 Å². The lowest BCUT2D eigenvalue weighted by atomic mass is 10.0. The fraction of sp³-hybridized carbons (Fsp3) is 0.174. The van der Waals surface area contributed by atoms with Crippen LogP contribution in [0.25, 0.3) is 5.57 Å². The molecule has 2 heterocycles. The van der Waals surface area contributed by atoms with Crippen LogP contribution < -0.4 is 10.6 Å². The number of hydrogen-bond donors (Lipinski definition) is 2. The first kappa shape index (κ1) is 24.8. The fourth-order valence-corrected chi connectivity index (χ4v) is 3.23. The lowest BCUT2D eigenvalue weighted by Gasteiger charge is -2.24. The lowest BCUT2D eigenvalue weighted by molar-refractivity contribution is -0.136. The van der Waals surface area contributed by atoms with Crippen LogP contribution >= 0.6 is 0 Å². The molecule has 35 heavy (non-hydrogen) atoms. The van der Waals surface area contributed by atoms with Crippen molar-refractivity contribution in [3.05, 3.63) is 65.3 Å². The molecule has 2 aliphatic heterocycles. The van der Waals surface area contributed by atoms with Gasteiger partial charge in [-0.05, 0) is 30.5 Å². The molecule has 1 aromatic carbocycles. The molecule has 3 rings (SSSR count). The van der Waals surface area contributed by atoms with E-state index in [0.717, 1.165) is 24.3 Å². The van der Waals surface area contributed by atoms with E-state index in [2.05, 4.69) is 10.6 Å². The van der Waals surface area contributed by atoms with E-state index in [4.69, 9.17) is 4.74 Å². The molecular weight excluding hydrogens is 460 g/mol. The highest BCUT2D eigenvalue weighted by Gasteiger charge is 2.35. The molecule has 0 aliphatic carbocycles. The smallest absolute Gasteiger partial charge is 0.333 e. The summed E-state index contributed by atoms with van der Waals surface area (Å²) in [5.74, 6) is -4.00. The van der Waals surface area contributed by atoms with Crippen LogP contribution in [-0.2, 0) is 28.7 Å². The highest BCUT2D eigenvalue weighted by Crippen LogP contribution is 2.22. The third kappa shape index (κ3) is 5.05. The molecule has 0 atom stereocenters. The Morgan fingerprint density at radius 3 is 1.51 bits per heavy atom. The number of urea groups is 2. The van der Waals surface area contributed by atoms with Gasteiger partial charge in [0.15, 0.2) is 0 Å². The second kappa shape index (κ2) is 9.95. The summed E-state index contributed by atoms with van der Waals surface area (Å²) in [6.07, 6.45) is 2.30. The van der Waals surface area contributed by atoms with Gasteiger partial charge in [-0.15, -0.1) is 0 Å². The van der Waals surface area contributed by atoms with E-state index in [-0.39, 0.29) is 5.56 Å². The van der Waals surface area contributed by atoms with Crippen molar-refractivity contribution < 1.29 is 38.3 Å². The third-order valence-electron chi connectivity index (χ3n) is 5.29. The van der Waals surface area contributed by atoms with Crippen LogP contribution in [0.4, 0.5) is 9.59 Å². The molecule has 8 amide bonds. The van der Waals surface area contributed by atoms with E-state index in [1.807, 2.05) is 0 Å². The molecule has 180 valence electrons. The second-order valence-electron chi connectivity index (χ2n) is 7.39. The van der Waals surface area contributed by atoms with Gasteiger partial charge < -0.3 is 15.4 Å². The minimum atomic E-state index is -1.35. The summed E-state index contributed by atoms with van der Waals surface area (Å²) < 4.78 is 4.71. The number of hydrogen-bond acceptors (Lipinski definition) is 8. The van der Waals surface area contributed by atoms with Crippen molar-refractivity contribution in [1.29, 1.82) is 0 Å². The number of methoxy groups -OCH3 is 1. The van der Waals surface area contributed by atoms with Crippen LogP contribution in [0.2, 0.25) is 0 Å². The summed E-state index contributed by atoms with van der Waals surface area (Å²) in [6.45, 7) is 3.30. The first-order valence-corrected chi connectivity index (χ1v) is 10.1. The Bertz CT molecular complexity index is 1150. The Labute approximate surface area is 198 Å². The van der Waals surface area contributed by atoms with E-state index >= 15 is 0 Å². The monoisotopic (exact) mass is 480 g/mol. The van der Waals surface area contributed by atoms with Crippen molar-refractivity contribution in [2.24, 2.45) is 0 Å². The Kier molecular flexibility index (Phi) is 7.04. The maximum Gasteiger partial charge on any atom is 0.333 e. The maximum absolute atomic E-state index is 12.6. The summed E-state index contributed by atoms with van der Waals surface area (Å²) in [6, 6.07) is 3.95. The number of ether oxygens (including phenoxy) is 1. The standard InChI is InChI=1S/C23H20N4O8/c1-12(13(2)21(32)35-3)14-4-6-15(7-5-14)20(24-22(33)26-16(28)8-9-17(26)29)25-23(34)27-18(30)10-11-19(27)31/h4-11,20H,1-3H3,(H,24,33)(H,25,34). The minimum absolute atomic E-state index is 0.276. The molecule has 2 N–H and O–H groups in total. The molecule has 0 spiro atoms. The SMILES string of the molecule is COC(=O)C(C)=C(C)c1ccc(C(NC(=O)N2C(=O)C=CC2=O)NC(=O)N2C(=O)C=CC2=O)cc1. The van der Waals surface area contributed by atoms with E-state index in [9.17, 15) is 33.6 Å². The van der Waals surface area contributed by atoms with E-state index < -0.39 is 47.8 Å². The highest BCUT2D eigenvalue weighted by atomic mass is 16.5. The number of carbonyl (C=O) groups excluding carboxylic acids is 7. The number of benzene rings is 1. The topological polar surface area (TPSA) is 159 Å². The largest absolute Gasteiger partial charge is 0.466 e. The second-order valence-corrected chi connectivity index (χ2v) is 7.39. The summed E-state index contributed by atoms with van der Waals surface area (Å²) in [4.78, 5) is 85.1. The number of nitrogens with zero attached hydrogens (tertiary/aromatic N) is 2. The van der Waals surface area contributed by atoms with Crippen LogP contribution in [0.1, 0.15) is 31.1 Å². The fourth-order valence-electron chi connectivity index (χ4n) is 3.23. The summed E-state index contributed by atoms with van der Waals surface area (Å²) in [5.41, 5.74) is 1.90. The summed E-state index contributed by atoms with van der Waals surface area (Å²) >= 11 is 0. The van der Waals surface area contributed by atoms with Crippen LogP contribution in [-0.4, -0.2) is 58.6 Å². The van der Waals surface area contributed by atoms with Gasteiger partial charge >= 0.3 is 18.0 Å². The number of carbonyl (C=O) groups is 7. The van der Waals surface area contributed by atoms with Crippen LogP contribution in [0.5, 0.6) is 0 Å². The zero-order valence-electron chi connectivity index (χ0n) is 18.9. The number of imide groups is 6. The van der Waals surface area contributed by atoms with Gasteiger partial charge in [-0.2, -0.15) is 9.80 Å². The molecule has 12 heteroatoms. The zero-order valence-corrected chi connectivity index (χ0v) is 18.9. The molecule has 0 unspecified atom stereocenters. The van der Waals surface area contributed by atoms with Crippen molar-refractivity contribution in [2.75, 3.05) is 7.11 Å². The Morgan fingerprint density at radius 1 is 0.743 bits per heavy atom. The summed E-state index contributed by atoms with van der Waals surface area (Å²) in [7, 11) is 1.26. The molecular formula is C23H20N4O8. The number of nitrogens with one attached hydrogen (secondary N) is 2. The van der Waals surface area contributed by atoms with Crippen LogP contribution in [0.3, 0.4) is 0 Å². The normalized spacial score (nSPS) is 15.7. The van der Waals surface area contributed by atoms with Crippen molar-refractivity contribution in [1.82, 2.24) is 20.4 Å². The van der Waals surface area contributed by atoms with Gasteiger partial charge in [-0.25, -0.2) is 14.4 Å². The van der Waals surface area contributed by atoms with E-state index in [0.29, 0.717) is 26.5 Å². The first-order chi connectivity index (χ1) is 16.5. The molecule has 1 aromatic rings. The molecule has 12 nitrogen and oxygen atoms in total. The van der Waals surface area contributed by atoms with Crippen LogP contribution in [0.15, 0.2) is 54.1 Å². The predicted octanol–water partition coefficient (Wildman–Crippen LogP) is 0.921. The Balaban J connectivity index is 1.89.